The highest BCUT2D eigenvalue weighted by Crippen LogP contribution is 1.94. The summed E-state index contributed by atoms with van der Waals surface area (Å²) in [6.07, 6.45) is 7.87. The highest BCUT2D eigenvalue weighted by atomic mass is 16.2. The van der Waals surface area contributed by atoms with Crippen LogP contribution < -0.4 is 10.7 Å². The van der Waals surface area contributed by atoms with Gasteiger partial charge in [0.2, 0.25) is 0 Å². The molecule has 2 aromatic rings. The zero-order valence-corrected chi connectivity index (χ0v) is 11.1. The van der Waals surface area contributed by atoms with E-state index in [0.29, 0.717) is 0 Å². The predicted molar refractivity (Wildman–Crippen MR) is 76.1 cm³/mol. The van der Waals surface area contributed by atoms with Crippen molar-refractivity contribution >= 4 is 18.0 Å². The minimum atomic E-state index is -0.829. The van der Waals surface area contributed by atoms with E-state index in [0.717, 1.165) is 11.1 Å². The maximum atomic E-state index is 11.5. The van der Waals surface area contributed by atoms with Gasteiger partial charge in [-0.25, -0.2) is 5.43 Å². The van der Waals surface area contributed by atoms with Crippen molar-refractivity contribution in [1.82, 2.24) is 20.7 Å². The lowest BCUT2D eigenvalue weighted by molar-refractivity contribution is -0.139. The van der Waals surface area contributed by atoms with Crippen molar-refractivity contribution in [3.05, 3.63) is 60.2 Å². The molecule has 106 valence electrons. The fourth-order valence-electron chi connectivity index (χ4n) is 1.43. The second kappa shape index (κ2) is 7.49. The summed E-state index contributed by atoms with van der Waals surface area (Å²) in [7, 11) is 0. The van der Waals surface area contributed by atoms with Crippen LogP contribution in [0, 0.1) is 0 Å². The van der Waals surface area contributed by atoms with Gasteiger partial charge in [-0.2, -0.15) is 5.10 Å². The van der Waals surface area contributed by atoms with Gasteiger partial charge in [-0.3, -0.25) is 19.6 Å². The fourth-order valence-corrected chi connectivity index (χ4v) is 1.43. The summed E-state index contributed by atoms with van der Waals surface area (Å²) < 4.78 is 0. The zero-order chi connectivity index (χ0) is 14.9. The van der Waals surface area contributed by atoms with Crippen molar-refractivity contribution in [2.75, 3.05) is 0 Å². The lowest BCUT2D eigenvalue weighted by Gasteiger charge is -2.03. The maximum absolute atomic E-state index is 11.5. The van der Waals surface area contributed by atoms with Crippen LogP contribution in [0.4, 0.5) is 0 Å². The predicted octanol–water partition coefficient (Wildman–Crippen LogP) is 0.243. The first-order valence-corrected chi connectivity index (χ1v) is 6.16. The fraction of sp³-hybridized carbons (Fsp3) is 0.0714. The van der Waals surface area contributed by atoms with E-state index in [2.05, 4.69) is 25.8 Å². The summed E-state index contributed by atoms with van der Waals surface area (Å²) >= 11 is 0. The Balaban J connectivity index is 1.78. The van der Waals surface area contributed by atoms with Gasteiger partial charge in [0.1, 0.15) is 0 Å². The molecular formula is C14H13N5O2. The molecule has 0 fully saturated rings. The number of amides is 2. The third-order valence-corrected chi connectivity index (χ3v) is 2.47. The van der Waals surface area contributed by atoms with Crippen LogP contribution in [-0.4, -0.2) is 28.0 Å². The van der Waals surface area contributed by atoms with Gasteiger partial charge in [0.25, 0.3) is 0 Å². The Kier molecular flexibility index (Phi) is 5.11. The molecular weight excluding hydrogens is 270 g/mol. The summed E-state index contributed by atoms with van der Waals surface area (Å²) in [5.41, 5.74) is 3.72. The molecule has 0 aromatic carbocycles. The zero-order valence-electron chi connectivity index (χ0n) is 11.1. The first-order valence-electron chi connectivity index (χ1n) is 6.16. The number of nitrogens with zero attached hydrogens (tertiary/aromatic N) is 3. The van der Waals surface area contributed by atoms with E-state index in [1.807, 2.05) is 0 Å². The van der Waals surface area contributed by atoms with E-state index in [-0.39, 0.29) is 6.54 Å². The molecule has 0 unspecified atom stereocenters. The lowest BCUT2D eigenvalue weighted by Crippen LogP contribution is -2.37. The number of hydrazone groups is 1. The lowest BCUT2D eigenvalue weighted by atomic mass is 10.3. The molecule has 2 amide bonds. The molecule has 0 aliphatic rings. The SMILES string of the molecule is O=C(NCc1cccnc1)C(=O)NN=Cc1ccncc1. The molecule has 0 radical (unpaired) electrons. The third-order valence-electron chi connectivity index (χ3n) is 2.47. The molecule has 7 heteroatoms. The van der Waals surface area contributed by atoms with Crippen LogP contribution in [0.2, 0.25) is 0 Å². The van der Waals surface area contributed by atoms with Gasteiger partial charge in [0.05, 0.1) is 6.21 Å². The second-order valence-corrected chi connectivity index (χ2v) is 4.02. The van der Waals surface area contributed by atoms with Gasteiger partial charge < -0.3 is 5.32 Å². The minimum absolute atomic E-state index is 0.230. The monoisotopic (exact) mass is 283 g/mol. The molecule has 0 saturated carbocycles. The number of rotatable bonds is 4. The normalized spacial score (nSPS) is 10.3. The average Bonchev–Trinajstić information content (AvgIpc) is 2.54. The molecule has 0 bridgehead atoms. The van der Waals surface area contributed by atoms with Crippen LogP contribution in [0.1, 0.15) is 11.1 Å². The first-order chi connectivity index (χ1) is 10.3. The van der Waals surface area contributed by atoms with Crippen LogP contribution in [0.5, 0.6) is 0 Å². The summed E-state index contributed by atoms with van der Waals surface area (Å²) in [6.45, 7) is 0.230. The van der Waals surface area contributed by atoms with Crippen LogP contribution in [0.3, 0.4) is 0 Å². The molecule has 7 nitrogen and oxygen atoms in total. The number of nitrogens with one attached hydrogen (secondary N) is 2. The van der Waals surface area contributed by atoms with Gasteiger partial charge in [-0.05, 0) is 29.3 Å². The van der Waals surface area contributed by atoms with Gasteiger partial charge in [0.15, 0.2) is 0 Å². The van der Waals surface area contributed by atoms with Crippen LogP contribution in [-0.2, 0) is 16.1 Å². The molecule has 2 aromatic heterocycles. The van der Waals surface area contributed by atoms with E-state index in [1.54, 1.807) is 49.1 Å². The second-order valence-electron chi connectivity index (χ2n) is 4.02. The van der Waals surface area contributed by atoms with Crippen molar-refractivity contribution in [3.8, 4) is 0 Å². The van der Waals surface area contributed by atoms with Crippen molar-refractivity contribution in [3.63, 3.8) is 0 Å². The molecule has 2 heterocycles. The summed E-state index contributed by atoms with van der Waals surface area (Å²) in [5, 5.41) is 6.16. The molecule has 2 rings (SSSR count). The van der Waals surface area contributed by atoms with Crippen LogP contribution in [0.25, 0.3) is 0 Å². The number of aromatic nitrogens is 2. The largest absolute Gasteiger partial charge is 0.344 e. The molecule has 0 aliphatic carbocycles. The Labute approximate surface area is 121 Å². The number of hydrogen-bond acceptors (Lipinski definition) is 5. The molecule has 0 aliphatic heterocycles. The van der Waals surface area contributed by atoms with Gasteiger partial charge in [-0.1, -0.05) is 6.07 Å². The Morgan fingerprint density at radius 2 is 1.90 bits per heavy atom. The third kappa shape index (κ3) is 4.83. The molecule has 21 heavy (non-hydrogen) atoms. The van der Waals surface area contributed by atoms with Crippen molar-refractivity contribution in [1.29, 1.82) is 0 Å². The molecule has 0 atom stereocenters. The van der Waals surface area contributed by atoms with Crippen molar-refractivity contribution < 1.29 is 9.59 Å². The smallest absolute Gasteiger partial charge is 0.329 e. The van der Waals surface area contributed by atoms with Crippen LogP contribution >= 0.6 is 0 Å². The van der Waals surface area contributed by atoms with Gasteiger partial charge in [0, 0.05) is 31.3 Å². The van der Waals surface area contributed by atoms with Gasteiger partial charge in [-0.15, -0.1) is 0 Å². The van der Waals surface area contributed by atoms with E-state index >= 15 is 0 Å². The number of pyridine rings is 2. The summed E-state index contributed by atoms with van der Waals surface area (Å²) in [4.78, 5) is 30.8. The molecule has 0 saturated heterocycles. The topological polar surface area (TPSA) is 96.3 Å². The Bertz CT molecular complexity index is 628. The number of carbonyl (C=O) groups excluding carboxylic acids is 2. The van der Waals surface area contributed by atoms with E-state index in [9.17, 15) is 9.59 Å². The van der Waals surface area contributed by atoms with Crippen molar-refractivity contribution in [2.45, 2.75) is 6.54 Å². The van der Waals surface area contributed by atoms with E-state index < -0.39 is 11.8 Å². The Morgan fingerprint density at radius 3 is 2.62 bits per heavy atom. The Hall–Kier alpha value is -3.09. The number of hydrogen-bond donors (Lipinski definition) is 2. The highest BCUT2D eigenvalue weighted by molar-refractivity contribution is 6.35. The summed E-state index contributed by atoms with van der Waals surface area (Å²) in [5.74, 6) is -1.59. The van der Waals surface area contributed by atoms with E-state index in [4.69, 9.17) is 0 Å². The van der Waals surface area contributed by atoms with E-state index in [1.165, 1.54) is 6.21 Å². The van der Waals surface area contributed by atoms with Crippen LogP contribution in [0.15, 0.2) is 54.2 Å². The average molecular weight is 283 g/mol. The maximum Gasteiger partial charge on any atom is 0.329 e. The molecule has 0 spiro atoms. The highest BCUT2D eigenvalue weighted by Gasteiger charge is 2.11. The van der Waals surface area contributed by atoms with Gasteiger partial charge >= 0.3 is 11.8 Å². The number of carbonyl (C=O) groups is 2. The minimum Gasteiger partial charge on any atom is -0.344 e. The van der Waals surface area contributed by atoms with Crippen molar-refractivity contribution in [2.24, 2.45) is 5.10 Å². The Morgan fingerprint density at radius 1 is 1.10 bits per heavy atom. The first kappa shape index (κ1) is 14.3. The summed E-state index contributed by atoms with van der Waals surface area (Å²) in [6, 6.07) is 6.99. The quantitative estimate of drug-likeness (QED) is 0.477. The standard InChI is InChI=1S/C14H13N5O2/c20-13(17-9-12-2-1-5-16-8-12)14(21)19-18-10-11-3-6-15-7-4-11/h1-8,10H,9H2,(H,17,20)(H,19,21). The molecule has 2 N–H and O–H groups in total.